The van der Waals surface area contributed by atoms with Crippen LogP contribution in [-0.2, 0) is 4.79 Å². The normalized spacial score (nSPS) is 14.2. The van der Waals surface area contributed by atoms with Crippen LogP contribution in [0.25, 0.3) is 0 Å². The fourth-order valence-corrected chi connectivity index (χ4v) is 5.26. The lowest BCUT2D eigenvalue weighted by atomic mass is 10.2. The van der Waals surface area contributed by atoms with Crippen LogP contribution in [0.2, 0.25) is 0 Å². The SMILES string of the molecule is O=C(COc1ccc(C2SCCS2)cc1)Nc1ccc(O)c(C(=O)O)c1. The maximum atomic E-state index is 12.0. The minimum absolute atomic E-state index is 0.199. The largest absolute Gasteiger partial charge is 0.507 e. The molecule has 0 aromatic heterocycles. The van der Waals surface area contributed by atoms with Gasteiger partial charge in [0.25, 0.3) is 5.91 Å². The number of benzene rings is 2. The van der Waals surface area contributed by atoms with Crippen molar-refractivity contribution in [3.63, 3.8) is 0 Å². The zero-order valence-electron chi connectivity index (χ0n) is 13.7. The highest BCUT2D eigenvalue weighted by Crippen LogP contribution is 2.45. The molecule has 0 bridgehead atoms. The van der Waals surface area contributed by atoms with E-state index < -0.39 is 11.9 Å². The number of anilines is 1. The van der Waals surface area contributed by atoms with Crippen LogP contribution in [0.4, 0.5) is 5.69 Å². The van der Waals surface area contributed by atoms with Crippen molar-refractivity contribution in [2.24, 2.45) is 0 Å². The second-order valence-electron chi connectivity index (χ2n) is 5.52. The Morgan fingerprint density at radius 1 is 1.12 bits per heavy atom. The molecule has 1 aliphatic rings. The van der Waals surface area contributed by atoms with E-state index in [1.165, 1.54) is 23.8 Å². The van der Waals surface area contributed by atoms with Crippen molar-refractivity contribution in [3.05, 3.63) is 53.6 Å². The van der Waals surface area contributed by atoms with E-state index in [4.69, 9.17) is 9.84 Å². The monoisotopic (exact) mass is 391 g/mol. The summed E-state index contributed by atoms with van der Waals surface area (Å²) in [5.41, 5.74) is 1.24. The van der Waals surface area contributed by atoms with Crippen LogP contribution in [0.5, 0.6) is 11.5 Å². The molecule has 0 radical (unpaired) electrons. The van der Waals surface area contributed by atoms with Gasteiger partial charge in [0, 0.05) is 17.2 Å². The highest BCUT2D eigenvalue weighted by Gasteiger charge is 2.18. The van der Waals surface area contributed by atoms with Gasteiger partial charge in [0.05, 0.1) is 4.58 Å². The third kappa shape index (κ3) is 4.64. The quantitative estimate of drug-likeness (QED) is 0.648. The van der Waals surface area contributed by atoms with Gasteiger partial charge in [-0.25, -0.2) is 4.79 Å². The molecule has 1 saturated heterocycles. The summed E-state index contributed by atoms with van der Waals surface area (Å²) in [6, 6.07) is 11.5. The first kappa shape index (κ1) is 18.5. The fraction of sp³-hybridized carbons (Fsp3) is 0.222. The number of thioether (sulfide) groups is 2. The lowest BCUT2D eigenvalue weighted by Crippen LogP contribution is -2.20. The number of ether oxygens (including phenoxy) is 1. The fourth-order valence-electron chi connectivity index (χ4n) is 2.40. The lowest BCUT2D eigenvalue weighted by Gasteiger charge is -2.11. The molecule has 1 amide bonds. The van der Waals surface area contributed by atoms with Gasteiger partial charge in [-0.15, -0.1) is 23.5 Å². The smallest absolute Gasteiger partial charge is 0.339 e. The molecule has 136 valence electrons. The number of amides is 1. The average Bonchev–Trinajstić information content (AvgIpc) is 3.16. The zero-order valence-corrected chi connectivity index (χ0v) is 15.3. The van der Waals surface area contributed by atoms with Crippen LogP contribution in [0.3, 0.4) is 0 Å². The van der Waals surface area contributed by atoms with Gasteiger partial charge in [0.2, 0.25) is 0 Å². The van der Waals surface area contributed by atoms with E-state index in [2.05, 4.69) is 5.32 Å². The first-order chi connectivity index (χ1) is 12.5. The number of carboxylic acids is 1. The van der Waals surface area contributed by atoms with E-state index in [1.54, 1.807) is 0 Å². The molecule has 6 nitrogen and oxygen atoms in total. The molecule has 8 heteroatoms. The Kier molecular flexibility index (Phi) is 5.95. The molecule has 0 aliphatic carbocycles. The van der Waals surface area contributed by atoms with Crippen molar-refractivity contribution in [2.45, 2.75) is 4.58 Å². The van der Waals surface area contributed by atoms with Gasteiger partial charge < -0.3 is 20.3 Å². The summed E-state index contributed by atoms with van der Waals surface area (Å²) in [6.45, 7) is -0.199. The minimum Gasteiger partial charge on any atom is -0.507 e. The van der Waals surface area contributed by atoms with Crippen molar-refractivity contribution in [3.8, 4) is 11.5 Å². The Bertz CT molecular complexity index is 804. The summed E-state index contributed by atoms with van der Waals surface area (Å²) in [4.78, 5) is 23.0. The summed E-state index contributed by atoms with van der Waals surface area (Å²) in [6.07, 6.45) is 0. The number of hydrogen-bond donors (Lipinski definition) is 3. The molecular formula is C18H17NO5S2. The van der Waals surface area contributed by atoms with Gasteiger partial charge in [0.15, 0.2) is 6.61 Å². The molecule has 1 fully saturated rings. The second kappa shape index (κ2) is 8.37. The zero-order chi connectivity index (χ0) is 18.5. The molecule has 0 saturated carbocycles. The van der Waals surface area contributed by atoms with Crippen LogP contribution in [0, 0.1) is 0 Å². The van der Waals surface area contributed by atoms with Crippen molar-refractivity contribution in [1.82, 2.24) is 0 Å². The number of phenols is 1. The third-order valence-corrected chi connectivity index (χ3v) is 6.76. The number of carbonyl (C=O) groups excluding carboxylic acids is 1. The number of nitrogens with one attached hydrogen (secondary N) is 1. The molecule has 0 atom stereocenters. The highest BCUT2D eigenvalue weighted by molar-refractivity contribution is 8.19. The topological polar surface area (TPSA) is 95.9 Å². The number of carboxylic acid groups (broad SMARTS) is 1. The number of hydrogen-bond acceptors (Lipinski definition) is 6. The lowest BCUT2D eigenvalue weighted by molar-refractivity contribution is -0.118. The number of aromatic hydroxyl groups is 1. The van der Waals surface area contributed by atoms with Crippen LogP contribution in [0.1, 0.15) is 20.5 Å². The summed E-state index contributed by atoms with van der Waals surface area (Å²) in [5.74, 6) is 0.870. The summed E-state index contributed by atoms with van der Waals surface area (Å²) in [7, 11) is 0. The van der Waals surface area contributed by atoms with Gasteiger partial charge >= 0.3 is 5.97 Å². The third-order valence-electron chi connectivity index (χ3n) is 3.65. The Balaban J connectivity index is 1.54. The van der Waals surface area contributed by atoms with Crippen molar-refractivity contribution in [1.29, 1.82) is 0 Å². The number of carbonyl (C=O) groups is 2. The Hall–Kier alpha value is -2.32. The molecule has 3 rings (SSSR count). The van der Waals surface area contributed by atoms with Crippen molar-refractivity contribution in [2.75, 3.05) is 23.4 Å². The van der Waals surface area contributed by atoms with Crippen molar-refractivity contribution >= 4 is 41.1 Å². The summed E-state index contributed by atoms with van der Waals surface area (Å²) >= 11 is 3.85. The average molecular weight is 391 g/mol. The Morgan fingerprint density at radius 3 is 2.46 bits per heavy atom. The molecule has 26 heavy (non-hydrogen) atoms. The molecule has 0 spiro atoms. The first-order valence-corrected chi connectivity index (χ1v) is 9.95. The Morgan fingerprint density at radius 2 is 1.81 bits per heavy atom. The van der Waals surface area contributed by atoms with Gasteiger partial charge in [-0.3, -0.25) is 4.79 Å². The van der Waals surface area contributed by atoms with E-state index in [0.717, 1.165) is 11.5 Å². The minimum atomic E-state index is -1.27. The van der Waals surface area contributed by atoms with Gasteiger partial charge in [0.1, 0.15) is 17.1 Å². The predicted molar refractivity (Wildman–Crippen MR) is 103 cm³/mol. The summed E-state index contributed by atoms with van der Waals surface area (Å²) < 4.78 is 5.93. The molecule has 2 aromatic rings. The first-order valence-electron chi connectivity index (χ1n) is 7.85. The van der Waals surface area contributed by atoms with Crippen LogP contribution < -0.4 is 10.1 Å². The maximum absolute atomic E-state index is 12.0. The molecular weight excluding hydrogens is 374 g/mol. The summed E-state index contributed by atoms with van der Waals surface area (Å²) in [5, 5.41) is 21.0. The van der Waals surface area contributed by atoms with Crippen LogP contribution in [0.15, 0.2) is 42.5 Å². The standard InChI is InChI=1S/C18H17NO5S2/c20-15-6-3-12(9-14(15)17(22)23)19-16(21)10-24-13-4-1-11(2-5-13)18-25-7-8-26-18/h1-6,9,18,20H,7-8,10H2,(H,19,21)(H,22,23). The molecule has 1 aliphatic heterocycles. The van der Waals surface area contributed by atoms with Gasteiger partial charge in [-0.1, -0.05) is 12.1 Å². The van der Waals surface area contributed by atoms with Gasteiger partial charge in [-0.05, 0) is 35.9 Å². The van der Waals surface area contributed by atoms with E-state index in [1.807, 2.05) is 47.8 Å². The highest BCUT2D eigenvalue weighted by atomic mass is 32.2. The van der Waals surface area contributed by atoms with Gasteiger partial charge in [-0.2, -0.15) is 0 Å². The van der Waals surface area contributed by atoms with Crippen LogP contribution in [-0.4, -0.2) is 40.2 Å². The second-order valence-corrected chi connectivity index (χ2v) is 8.24. The Labute approximate surface area is 158 Å². The number of aromatic carboxylic acids is 1. The maximum Gasteiger partial charge on any atom is 0.339 e. The number of rotatable bonds is 6. The van der Waals surface area contributed by atoms with Crippen molar-refractivity contribution < 1.29 is 24.5 Å². The van der Waals surface area contributed by atoms with E-state index >= 15 is 0 Å². The van der Waals surface area contributed by atoms with E-state index in [-0.39, 0.29) is 23.6 Å². The molecule has 3 N–H and O–H groups in total. The predicted octanol–water partition coefficient (Wildman–Crippen LogP) is 3.59. The van der Waals surface area contributed by atoms with E-state index in [0.29, 0.717) is 10.3 Å². The molecule has 0 unspecified atom stereocenters. The molecule has 1 heterocycles. The van der Waals surface area contributed by atoms with E-state index in [9.17, 15) is 14.7 Å². The molecule has 2 aromatic carbocycles. The van der Waals surface area contributed by atoms with Crippen LogP contribution >= 0.6 is 23.5 Å².